The second-order valence-electron chi connectivity index (χ2n) is 6.30. The summed E-state index contributed by atoms with van der Waals surface area (Å²) in [6, 6.07) is 9.41. The highest BCUT2D eigenvalue weighted by molar-refractivity contribution is 7.93. The molecule has 0 saturated heterocycles. The first-order valence-electron chi connectivity index (χ1n) is 8.44. The Morgan fingerprint density at radius 1 is 1.17 bits per heavy atom. The number of aryl methyl sites for hydroxylation is 1. The number of aromatic nitrogens is 2. The van der Waals surface area contributed by atoms with E-state index in [-0.39, 0.29) is 6.04 Å². The lowest BCUT2D eigenvalue weighted by atomic mass is 10.3. The van der Waals surface area contributed by atoms with Crippen molar-refractivity contribution in [3.63, 3.8) is 0 Å². The molecule has 0 aliphatic heterocycles. The van der Waals surface area contributed by atoms with Crippen molar-refractivity contribution in [3.8, 4) is 0 Å². The van der Waals surface area contributed by atoms with Crippen LogP contribution in [0.5, 0.6) is 0 Å². The van der Waals surface area contributed by atoms with Crippen molar-refractivity contribution in [2.75, 3.05) is 10.8 Å². The van der Waals surface area contributed by atoms with Crippen molar-refractivity contribution in [3.05, 3.63) is 41.7 Å². The largest absolute Gasteiger partial charge is 0.267 e. The van der Waals surface area contributed by atoms with Gasteiger partial charge in [0.25, 0.3) is 10.0 Å². The van der Waals surface area contributed by atoms with E-state index in [1.54, 1.807) is 11.6 Å². The number of rotatable bonds is 7. The fourth-order valence-electron chi connectivity index (χ4n) is 2.92. The summed E-state index contributed by atoms with van der Waals surface area (Å²) in [5.74, 6) is 0. The van der Waals surface area contributed by atoms with E-state index in [1.165, 1.54) is 4.31 Å². The van der Waals surface area contributed by atoms with E-state index in [9.17, 15) is 8.42 Å². The molecule has 1 aromatic carbocycles. The highest BCUT2D eigenvalue weighted by Crippen LogP contribution is 2.29. The lowest BCUT2D eigenvalue weighted by Crippen LogP contribution is -2.32. The number of para-hydroxylation sites is 1. The summed E-state index contributed by atoms with van der Waals surface area (Å²) >= 11 is 0. The predicted octanol–water partition coefficient (Wildman–Crippen LogP) is 4.08. The standard InChI is InChI=1S/C18H27N3O2S/c1-6-7-13-20(17-11-9-8-10-12-17)24(22,23)18-15(4)19-21(14(2)3)16(18)5/h8-12,14H,6-7,13H2,1-5H3. The topological polar surface area (TPSA) is 55.2 Å². The van der Waals surface area contributed by atoms with Gasteiger partial charge in [-0.2, -0.15) is 5.10 Å². The van der Waals surface area contributed by atoms with Crippen LogP contribution in [0.3, 0.4) is 0 Å². The number of hydrogen-bond donors (Lipinski definition) is 0. The molecule has 24 heavy (non-hydrogen) atoms. The lowest BCUT2D eigenvalue weighted by molar-refractivity contribution is 0.514. The van der Waals surface area contributed by atoms with E-state index in [1.807, 2.05) is 51.1 Å². The first-order chi connectivity index (χ1) is 11.3. The average Bonchev–Trinajstić information content (AvgIpc) is 2.84. The second-order valence-corrected chi connectivity index (χ2v) is 8.10. The van der Waals surface area contributed by atoms with Crippen molar-refractivity contribution >= 4 is 15.7 Å². The minimum Gasteiger partial charge on any atom is -0.266 e. The zero-order valence-electron chi connectivity index (χ0n) is 15.2. The maximum Gasteiger partial charge on any atom is 0.267 e. The third kappa shape index (κ3) is 3.48. The van der Waals surface area contributed by atoms with Crippen molar-refractivity contribution in [2.45, 2.75) is 58.4 Å². The van der Waals surface area contributed by atoms with Gasteiger partial charge in [0.05, 0.1) is 17.1 Å². The quantitative estimate of drug-likeness (QED) is 0.757. The van der Waals surface area contributed by atoms with E-state index < -0.39 is 10.0 Å². The summed E-state index contributed by atoms with van der Waals surface area (Å²) in [7, 11) is -3.65. The van der Waals surface area contributed by atoms with Crippen LogP contribution in [0, 0.1) is 13.8 Å². The molecular weight excluding hydrogens is 322 g/mol. The Kier molecular flexibility index (Phi) is 5.70. The van der Waals surface area contributed by atoms with Crippen LogP contribution in [-0.4, -0.2) is 24.7 Å². The molecule has 0 amide bonds. The van der Waals surface area contributed by atoms with Crippen molar-refractivity contribution in [1.82, 2.24) is 9.78 Å². The van der Waals surface area contributed by atoms with Crippen LogP contribution >= 0.6 is 0 Å². The van der Waals surface area contributed by atoms with Crippen LogP contribution in [0.4, 0.5) is 5.69 Å². The fraction of sp³-hybridized carbons (Fsp3) is 0.500. The van der Waals surface area contributed by atoms with E-state index >= 15 is 0 Å². The number of unbranched alkanes of at least 4 members (excludes halogenated alkanes) is 1. The Balaban J connectivity index is 2.57. The number of nitrogens with zero attached hydrogens (tertiary/aromatic N) is 3. The molecule has 0 N–H and O–H groups in total. The molecule has 1 aromatic heterocycles. The minimum atomic E-state index is -3.65. The molecule has 0 saturated carbocycles. The average molecular weight is 350 g/mol. The molecule has 0 radical (unpaired) electrons. The fourth-order valence-corrected chi connectivity index (χ4v) is 4.79. The minimum absolute atomic E-state index is 0.119. The molecule has 6 heteroatoms. The van der Waals surface area contributed by atoms with Crippen molar-refractivity contribution in [1.29, 1.82) is 0 Å². The molecule has 0 aliphatic rings. The van der Waals surface area contributed by atoms with Gasteiger partial charge in [0.1, 0.15) is 4.90 Å². The molecule has 5 nitrogen and oxygen atoms in total. The molecule has 0 aliphatic carbocycles. The predicted molar refractivity (Wildman–Crippen MR) is 98.0 cm³/mol. The van der Waals surface area contributed by atoms with Gasteiger partial charge in [0.15, 0.2) is 0 Å². The third-order valence-electron chi connectivity index (χ3n) is 4.05. The molecule has 1 heterocycles. The summed E-state index contributed by atoms with van der Waals surface area (Å²) < 4.78 is 30.1. The van der Waals surface area contributed by atoms with Gasteiger partial charge < -0.3 is 0 Å². The van der Waals surface area contributed by atoms with Crippen LogP contribution in [0.25, 0.3) is 0 Å². The van der Waals surface area contributed by atoms with Gasteiger partial charge >= 0.3 is 0 Å². The van der Waals surface area contributed by atoms with Crippen LogP contribution in [0.2, 0.25) is 0 Å². The Morgan fingerprint density at radius 2 is 1.79 bits per heavy atom. The molecule has 132 valence electrons. The third-order valence-corrected chi connectivity index (χ3v) is 6.14. The highest BCUT2D eigenvalue weighted by Gasteiger charge is 2.31. The number of hydrogen-bond acceptors (Lipinski definition) is 3. The second kappa shape index (κ2) is 7.38. The van der Waals surface area contributed by atoms with Gasteiger partial charge in [0, 0.05) is 12.6 Å². The van der Waals surface area contributed by atoms with Crippen molar-refractivity contribution < 1.29 is 8.42 Å². The van der Waals surface area contributed by atoms with E-state index in [0.29, 0.717) is 28.5 Å². The van der Waals surface area contributed by atoms with Gasteiger partial charge in [-0.05, 0) is 46.2 Å². The first kappa shape index (κ1) is 18.5. The molecule has 2 aromatic rings. The zero-order valence-corrected chi connectivity index (χ0v) is 16.0. The maximum atomic E-state index is 13.4. The van der Waals surface area contributed by atoms with Crippen LogP contribution in [-0.2, 0) is 10.0 Å². The van der Waals surface area contributed by atoms with E-state index in [2.05, 4.69) is 12.0 Å². The Bertz CT molecular complexity index is 780. The summed E-state index contributed by atoms with van der Waals surface area (Å²) in [5, 5.41) is 4.44. The Morgan fingerprint density at radius 3 is 2.29 bits per heavy atom. The lowest BCUT2D eigenvalue weighted by Gasteiger charge is -2.24. The monoisotopic (exact) mass is 349 g/mol. The summed E-state index contributed by atoms with van der Waals surface area (Å²) in [6.45, 7) is 10.1. The molecular formula is C18H27N3O2S. The first-order valence-corrected chi connectivity index (χ1v) is 9.88. The van der Waals surface area contributed by atoms with E-state index in [4.69, 9.17) is 0 Å². The number of benzene rings is 1. The molecule has 0 unspecified atom stereocenters. The summed E-state index contributed by atoms with van der Waals surface area (Å²) in [6.07, 6.45) is 1.74. The molecule has 0 fully saturated rings. The molecule has 0 bridgehead atoms. The normalized spacial score (nSPS) is 11.9. The number of sulfonamides is 1. The molecule has 0 spiro atoms. The summed E-state index contributed by atoms with van der Waals surface area (Å²) in [4.78, 5) is 0.330. The molecule has 2 rings (SSSR count). The van der Waals surface area contributed by atoms with Crippen LogP contribution in [0.15, 0.2) is 35.2 Å². The van der Waals surface area contributed by atoms with Gasteiger partial charge in [-0.15, -0.1) is 0 Å². The Labute approximate surface area is 145 Å². The van der Waals surface area contributed by atoms with Gasteiger partial charge in [-0.25, -0.2) is 8.42 Å². The smallest absolute Gasteiger partial charge is 0.266 e. The highest BCUT2D eigenvalue weighted by atomic mass is 32.2. The van der Waals surface area contributed by atoms with Gasteiger partial charge in [0.2, 0.25) is 0 Å². The van der Waals surface area contributed by atoms with Crippen LogP contribution < -0.4 is 4.31 Å². The summed E-state index contributed by atoms with van der Waals surface area (Å²) in [5.41, 5.74) is 1.95. The maximum absolute atomic E-state index is 13.4. The molecule has 0 atom stereocenters. The van der Waals surface area contributed by atoms with Gasteiger partial charge in [-0.3, -0.25) is 8.99 Å². The number of anilines is 1. The SMILES string of the molecule is CCCCN(c1ccccc1)S(=O)(=O)c1c(C)nn(C(C)C)c1C. The Hall–Kier alpha value is -1.82. The van der Waals surface area contributed by atoms with Crippen molar-refractivity contribution in [2.24, 2.45) is 0 Å². The van der Waals surface area contributed by atoms with E-state index in [0.717, 1.165) is 12.8 Å². The zero-order chi connectivity index (χ0) is 17.9. The van der Waals surface area contributed by atoms with Crippen LogP contribution in [0.1, 0.15) is 51.0 Å². The van der Waals surface area contributed by atoms with Gasteiger partial charge in [-0.1, -0.05) is 31.5 Å².